The average Bonchev–Trinajstić information content (AvgIpc) is 2.62. The number of carbonyl (C=O) groups excluding carboxylic acids is 1. The lowest BCUT2D eigenvalue weighted by molar-refractivity contribution is -0.125. The molecule has 0 saturated carbocycles. The number of hydrogen-bond acceptors (Lipinski definition) is 4. The second-order valence-corrected chi connectivity index (χ2v) is 10.0. The summed E-state index contributed by atoms with van der Waals surface area (Å²) >= 11 is 1.69. The van der Waals surface area contributed by atoms with Gasteiger partial charge in [-0.2, -0.15) is 0 Å². The van der Waals surface area contributed by atoms with E-state index in [1.54, 1.807) is 11.3 Å². The van der Waals surface area contributed by atoms with Gasteiger partial charge in [-0.3, -0.25) is 4.79 Å². The molecule has 0 unspecified atom stereocenters. The van der Waals surface area contributed by atoms with Crippen LogP contribution in [0.1, 0.15) is 49.1 Å². The molecule has 2 N–H and O–H groups in total. The summed E-state index contributed by atoms with van der Waals surface area (Å²) in [7, 11) is -3.46. The van der Waals surface area contributed by atoms with Crippen molar-refractivity contribution in [1.29, 1.82) is 0 Å². The lowest BCUT2D eigenvalue weighted by atomic mass is 9.86. The Balaban J connectivity index is 2.94. The van der Waals surface area contributed by atoms with Crippen LogP contribution in [0.25, 0.3) is 0 Å². The van der Waals surface area contributed by atoms with Crippen molar-refractivity contribution in [1.82, 2.24) is 10.0 Å². The van der Waals surface area contributed by atoms with Crippen molar-refractivity contribution in [2.45, 2.75) is 53.6 Å². The zero-order valence-corrected chi connectivity index (χ0v) is 15.9. The molecule has 0 fully saturated rings. The van der Waals surface area contributed by atoms with Crippen LogP contribution in [-0.2, 0) is 14.8 Å². The standard InChI is InChI=1S/C15H26N2O3S2/c1-9-8-12(11(3)21-9)10(2)16-14(18)13(15(4,5)6)17-22(7,19)20/h8,10,13,17H,1-7H3,(H,16,18)/t10-,13+/m0/s1. The molecule has 126 valence electrons. The van der Waals surface area contributed by atoms with Crippen molar-refractivity contribution in [3.8, 4) is 0 Å². The maximum atomic E-state index is 12.5. The van der Waals surface area contributed by atoms with E-state index in [1.165, 1.54) is 4.88 Å². The van der Waals surface area contributed by atoms with Crippen molar-refractivity contribution in [2.24, 2.45) is 5.41 Å². The fourth-order valence-electron chi connectivity index (χ4n) is 2.29. The normalized spacial score (nSPS) is 15.4. The smallest absolute Gasteiger partial charge is 0.239 e. The summed E-state index contributed by atoms with van der Waals surface area (Å²) in [6, 6.07) is 1.08. The van der Waals surface area contributed by atoms with Crippen LogP contribution >= 0.6 is 11.3 Å². The number of rotatable bonds is 5. The second-order valence-electron chi connectivity index (χ2n) is 6.79. The molecule has 1 aromatic heterocycles. The van der Waals surface area contributed by atoms with Gasteiger partial charge < -0.3 is 5.32 Å². The minimum absolute atomic E-state index is 0.163. The first-order valence-corrected chi connectivity index (χ1v) is 9.86. The Morgan fingerprint density at radius 3 is 2.18 bits per heavy atom. The number of hydrogen-bond donors (Lipinski definition) is 2. The molecule has 0 radical (unpaired) electrons. The minimum atomic E-state index is -3.46. The van der Waals surface area contributed by atoms with Gasteiger partial charge in [-0.1, -0.05) is 20.8 Å². The van der Waals surface area contributed by atoms with Gasteiger partial charge in [0.2, 0.25) is 15.9 Å². The third kappa shape index (κ3) is 5.37. The SMILES string of the molecule is Cc1cc([C@H](C)NC(=O)[C@@H](NS(C)(=O)=O)C(C)(C)C)c(C)s1. The van der Waals surface area contributed by atoms with Crippen LogP contribution < -0.4 is 10.0 Å². The highest BCUT2D eigenvalue weighted by atomic mass is 32.2. The van der Waals surface area contributed by atoms with Gasteiger partial charge >= 0.3 is 0 Å². The molecular formula is C15H26N2O3S2. The Morgan fingerprint density at radius 1 is 1.27 bits per heavy atom. The van der Waals surface area contributed by atoms with Crippen LogP contribution in [0, 0.1) is 19.3 Å². The van der Waals surface area contributed by atoms with E-state index in [0.29, 0.717) is 0 Å². The molecule has 0 spiro atoms. The molecule has 7 heteroatoms. The Morgan fingerprint density at radius 2 is 1.82 bits per heavy atom. The molecule has 1 rings (SSSR count). The molecule has 0 aliphatic carbocycles. The predicted molar refractivity (Wildman–Crippen MR) is 91.6 cm³/mol. The van der Waals surface area contributed by atoms with Crippen LogP contribution in [0.4, 0.5) is 0 Å². The topological polar surface area (TPSA) is 75.3 Å². The monoisotopic (exact) mass is 346 g/mol. The first-order chi connectivity index (χ1) is 9.81. The van der Waals surface area contributed by atoms with E-state index in [1.807, 2.05) is 41.5 Å². The van der Waals surface area contributed by atoms with Gasteiger partial charge in [0.25, 0.3) is 0 Å². The number of aryl methyl sites for hydroxylation is 2. The van der Waals surface area contributed by atoms with Crippen LogP contribution in [0.5, 0.6) is 0 Å². The van der Waals surface area contributed by atoms with E-state index in [9.17, 15) is 13.2 Å². The van der Waals surface area contributed by atoms with Gasteiger partial charge in [0.05, 0.1) is 12.3 Å². The molecular weight excluding hydrogens is 320 g/mol. The molecule has 0 bridgehead atoms. The maximum Gasteiger partial charge on any atom is 0.239 e. The van der Waals surface area contributed by atoms with Crippen LogP contribution in [0.15, 0.2) is 6.07 Å². The Kier molecular flexibility index (Phi) is 5.81. The summed E-state index contributed by atoms with van der Waals surface area (Å²) in [6.45, 7) is 11.5. The largest absolute Gasteiger partial charge is 0.348 e. The highest BCUT2D eigenvalue weighted by molar-refractivity contribution is 7.88. The van der Waals surface area contributed by atoms with E-state index in [4.69, 9.17) is 0 Å². The average molecular weight is 347 g/mol. The lowest BCUT2D eigenvalue weighted by Crippen LogP contribution is -2.53. The van der Waals surface area contributed by atoms with Crippen molar-refractivity contribution in [2.75, 3.05) is 6.26 Å². The second kappa shape index (κ2) is 6.68. The van der Waals surface area contributed by atoms with Crippen molar-refractivity contribution >= 4 is 27.3 Å². The third-order valence-corrected chi connectivity index (χ3v) is 5.01. The lowest BCUT2D eigenvalue weighted by Gasteiger charge is -2.30. The summed E-state index contributed by atoms with van der Waals surface area (Å²) in [4.78, 5) is 14.9. The summed E-state index contributed by atoms with van der Waals surface area (Å²) in [6.07, 6.45) is 1.06. The molecule has 2 atom stereocenters. The van der Waals surface area contributed by atoms with Gasteiger partial charge in [0, 0.05) is 9.75 Å². The molecule has 22 heavy (non-hydrogen) atoms. The van der Waals surface area contributed by atoms with Gasteiger partial charge in [-0.25, -0.2) is 13.1 Å². The summed E-state index contributed by atoms with van der Waals surface area (Å²) in [5, 5.41) is 2.92. The molecule has 1 heterocycles. The van der Waals surface area contributed by atoms with E-state index < -0.39 is 21.5 Å². The van der Waals surface area contributed by atoms with Crippen LogP contribution in [0.2, 0.25) is 0 Å². The predicted octanol–water partition coefficient (Wildman–Crippen LogP) is 2.51. The zero-order valence-electron chi connectivity index (χ0n) is 14.3. The van der Waals surface area contributed by atoms with Gasteiger partial charge in [0.15, 0.2) is 0 Å². The molecule has 0 aliphatic rings. The van der Waals surface area contributed by atoms with Crippen molar-refractivity contribution in [3.05, 3.63) is 21.4 Å². The molecule has 0 aliphatic heterocycles. The van der Waals surface area contributed by atoms with Gasteiger partial charge in [-0.15, -0.1) is 11.3 Å². The number of thiophene rings is 1. The molecule has 0 saturated heterocycles. The summed E-state index contributed by atoms with van der Waals surface area (Å²) in [5.41, 5.74) is 0.551. The highest BCUT2D eigenvalue weighted by Gasteiger charge is 2.34. The van der Waals surface area contributed by atoms with E-state index >= 15 is 0 Å². The summed E-state index contributed by atoms with van der Waals surface area (Å²) < 4.78 is 25.5. The Hall–Kier alpha value is -0.920. The number of carbonyl (C=O) groups is 1. The van der Waals surface area contributed by atoms with Crippen LogP contribution in [0.3, 0.4) is 0 Å². The summed E-state index contributed by atoms with van der Waals surface area (Å²) in [5.74, 6) is -0.311. The van der Waals surface area contributed by atoms with Crippen molar-refractivity contribution < 1.29 is 13.2 Å². The van der Waals surface area contributed by atoms with E-state index in [0.717, 1.165) is 16.7 Å². The molecule has 0 aromatic carbocycles. The van der Waals surface area contributed by atoms with Crippen LogP contribution in [-0.4, -0.2) is 26.6 Å². The number of amides is 1. The van der Waals surface area contributed by atoms with Gasteiger partial charge in [0.1, 0.15) is 6.04 Å². The quantitative estimate of drug-likeness (QED) is 0.860. The Bertz CT molecular complexity index is 642. The third-order valence-electron chi connectivity index (χ3n) is 3.36. The van der Waals surface area contributed by atoms with E-state index in [2.05, 4.69) is 16.1 Å². The minimum Gasteiger partial charge on any atom is -0.348 e. The van der Waals surface area contributed by atoms with Gasteiger partial charge in [-0.05, 0) is 37.8 Å². The fourth-order valence-corrected chi connectivity index (χ4v) is 4.20. The number of sulfonamides is 1. The number of nitrogens with one attached hydrogen (secondary N) is 2. The maximum absolute atomic E-state index is 12.5. The molecule has 5 nitrogen and oxygen atoms in total. The van der Waals surface area contributed by atoms with Crippen molar-refractivity contribution in [3.63, 3.8) is 0 Å². The molecule has 1 aromatic rings. The zero-order chi connectivity index (χ0) is 17.3. The van der Waals surface area contributed by atoms with E-state index in [-0.39, 0.29) is 11.9 Å². The molecule has 1 amide bonds. The first-order valence-electron chi connectivity index (χ1n) is 7.16. The fraction of sp³-hybridized carbons (Fsp3) is 0.667. The Labute approximate surface area is 137 Å². The highest BCUT2D eigenvalue weighted by Crippen LogP contribution is 2.27. The first kappa shape index (κ1) is 19.1.